The van der Waals surface area contributed by atoms with Crippen LogP contribution in [-0.4, -0.2) is 20.2 Å². The van der Waals surface area contributed by atoms with Gasteiger partial charge in [-0.05, 0) is 18.9 Å². The molecule has 0 aliphatic carbocycles. The third-order valence-corrected chi connectivity index (χ3v) is 2.36. The van der Waals surface area contributed by atoms with E-state index in [9.17, 15) is 4.79 Å². The number of carbonyl (C=O) groups is 1. The lowest BCUT2D eigenvalue weighted by atomic mass is 10.1. The zero-order chi connectivity index (χ0) is 12.1. The van der Waals surface area contributed by atoms with Crippen LogP contribution < -0.4 is 0 Å². The van der Waals surface area contributed by atoms with Crippen LogP contribution in [0.5, 0.6) is 0 Å². The lowest BCUT2D eigenvalue weighted by Crippen LogP contribution is -1.97. The highest BCUT2D eigenvalue weighted by Gasteiger charge is 1.95. The van der Waals surface area contributed by atoms with E-state index in [1.165, 1.54) is 39.2 Å². The molecule has 0 aromatic heterocycles. The maximum Gasteiger partial charge on any atom is 0.188 e. The number of carbonyl (C=O) groups excluding carboxylic acids is 1. The van der Waals surface area contributed by atoms with Crippen molar-refractivity contribution in [2.24, 2.45) is 0 Å². The molecule has 3 nitrogen and oxygen atoms in total. The number of rotatable bonds is 11. The molecule has 0 rings (SSSR count). The quantitative estimate of drug-likeness (QED) is 0.179. The van der Waals surface area contributed by atoms with Crippen molar-refractivity contribution >= 4 is 6.29 Å². The summed E-state index contributed by atoms with van der Waals surface area (Å²) in [6.45, 7) is 2.35. The van der Waals surface area contributed by atoms with Crippen LogP contribution in [0.15, 0.2) is 11.8 Å². The van der Waals surface area contributed by atoms with Crippen LogP contribution in [0.1, 0.15) is 51.9 Å². The molecule has 16 heavy (non-hydrogen) atoms. The van der Waals surface area contributed by atoms with Crippen molar-refractivity contribution in [3.8, 4) is 0 Å². The molecule has 0 aromatic carbocycles. The van der Waals surface area contributed by atoms with Crippen molar-refractivity contribution < 1.29 is 14.3 Å². The SMILES string of the molecule is CCCCCCCC/C=C(\C=O)OCOC. The highest BCUT2D eigenvalue weighted by atomic mass is 16.7. The van der Waals surface area contributed by atoms with E-state index in [2.05, 4.69) is 6.92 Å². The smallest absolute Gasteiger partial charge is 0.188 e. The van der Waals surface area contributed by atoms with Gasteiger partial charge in [0.1, 0.15) is 0 Å². The summed E-state index contributed by atoms with van der Waals surface area (Å²) in [6, 6.07) is 0. The van der Waals surface area contributed by atoms with Crippen LogP contribution in [-0.2, 0) is 14.3 Å². The zero-order valence-corrected chi connectivity index (χ0v) is 10.5. The number of hydrogen-bond acceptors (Lipinski definition) is 3. The van der Waals surface area contributed by atoms with E-state index >= 15 is 0 Å². The Hall–Kier alpha value is -0.830. The second-order valence-electron chi connectivity index (χ2n) is 3.83. The lowest BCUT2D eigenvalue weighted by Gasteiger charge is -2.03. The molecule has 0 heterocycles. The average Bonchev–Trinajstić information content (AvgIpc) is 2.32. The third kappa shape index (κ3) is 9.71. The summed E-state index contributed by atoms with van der Waals surface area (Å²) in [5.41, 5.74) is 0. The van der Waals surface area contributed by atoms with E-state index in [-0.39, 0.29) is 6.79 Å². The molecule has 0 saturated carbocycles. The van der Waals surface area contributed by atoms with Crippen molar-refractivity contribution in [1.82, 2.24) is 0 Å². The number of ether oxygens (including phenoxy) is 2. The Balaban J connectivity index is 3.44. The Morgan fingerprint density at radius 1 is 1.12 bits per heavy atom. The number of allylic oxidation sites excluding steroid dienone is 2. The molecule has 94 valence electrons. The molecule has 0 spiro atoms. The van der Waals surface area contributed by atoms with Gasteiger partial charge in [-0.25, -0.2) is 0 Å². The van der Waals surface area contributed by atoms with Gasteiger partial charge in [-0.15, -0.1) is 0 Å². The van der Waals surface area contributed by atoms with Crippen LogP contribution in [0.3, 0.4) is 0 Å². The number of unbranched alkanes of at least 4 members (excludes halogenated alkanes) is 6. The maximum atomic E-state index is 10.6. The standard InChI is InChI=1S/C13H24O3/c1-3-4-5-6-7-8-9-10-13(11-14)16-12-15-2/h10-11H,3-9,12H2,1-2H3/b13-10+. The highest BCUT2D eigenvalue weighted by molar-refractivity contribution is 5.69. The topological polar surface area (TPSA) is 35.5 Å². The number of methoxy groups -OCH3 is 1. The minimum atomic E-state index is 0.140. The molecule has 0 aromatic rings. The lowest BCUT2D eigenvalue weighted by molar-refractivity contribution is -0.110. The molecular weight excluding hydrogens is 204 g/mol. The predicted molar refractivity (Wildman–Crippen MR) is 65.1 cm³/mol. The Morgan fingerprint density at radius 2 is 1.81 bits per heavy atom. The van der Waals surface area contributed by atoms with E-state index in [1.807, 2.05) is 6.08 Å². The average molecular weight is 228 g/mol. The van der Waals surface area contributed by atoms with Crippen LogP contribution >= 0.6 is 0 Å². The van der Waals surface area contributed by atoms with Crippen molar-refractivity contribution in [2.75, 3.05) is 13.9 Å². The third-order valence-electron chi connectivity index (χ3n) is 2.36. The first-order valence-corrected chi connectivity index (χ1v) is 6.12. The monoisotopic (exact) mass is 228 g/mol. The van der Waals surface area contributed by atoms with Gasteiger partial charge in [0.2, 0.25) is 0 Å². The van der Waals surface area contributed by atoms with Gasteiger partial charge >= 0.3 is 0 Å². The van der Waals surface area contributed by atoms with E-state index in [1.54, 1.807) is 0 Å². The molecule has 0 unspecified atom stereocenters. The van der Waals surface area contributed by atoms with E-state index in [0.29, 0.717) is 5.76 Å². The molecule has 3 heteroatoms. The minimum Gasteiger partial charge on any atom is -0.464 e. The molecule has 0 fully saturated rings. The second kappa shape index (κ2) is 12.2. The Morgan fingerprint density at radius 3 is 2.44 bits per heavy atom. The fraction of sp³-hybridized carbons (Fsp3) is 0.769. The van der Waals surface area contributed by atoms with Gasteiger partial charge in [0.15, 0.2) is 18.8 Å². The molecule has 0 N–H and O–H groups in total. The van der Waals surface area contributed by atoms with Gasteiger partial charge in [-0.1, -0.05) is 39.0 Å². The van der Waals surface area contributed by atoms with Gasteiger partial charge in [0.25, 0.3) is 0 Å². The summed E-state index contributed by atoms with van der Waals surface area (Å²) in [5.74, 6) is 0.385. The Bertz CT molecular complexity index is 188. The molecule has 0 aliphatic rings. The summed E-state index contributed by atoms with van der Waals surface area (Å²) in [5, 5.41) is 0. The summed E-state index contributed by atoms with van der Waals surface area (Å²) >= 11 is 0. The molecule has 0 radical (unpaired) electrons. The van der Waals surface area contributed by atoms with Gasteiger partial charge < -0.3 is 9.47 Å². The normalized spacial score (nSPS) is 11.5. The van der Waals surface area contributed by atoms with Crippen molar-refractivity contribution in [3.63, 3.8) is 0 Å². The maximum absolute atomic E-state index is 10.6. The van der Waals surface area contributed by atoms with Crippen LogP contribution in [0.2, 0.25) is 0 Å². The number of aldehydes is 1. The summed E-state index contributed by atoms with van der Waals surface area (Å²) in [6.07, 6.45) is 11.0. The van der Waals surface area contributed by atoms with Crippen molar-refractivity contribution in [3.05, 3.63) is 11.8 Å². The molecule has 0 aliphatic heterocycles. The molecule has 0 bridgehead atoms. The molecule has 0 saturated heterocycles. The van der Waals surface area contributed by atoms with E-state index < -0.39 is 0 Å². The van der Waals surface area contributed by atoms with Crippen molar-refractivity contribution in [1.29, 1.82) is 0 Å². The van der Waals surface area contributed by atoms with Crippen molar-refractivity contribution in [2.45, 2.75) is 51.9 Å². The molecule has 0 amide bonds. The largest absolute Gasteiger partial charge is 0.464 e. The van der Waals surface area contributed by atoms with Gasteiger partial charge in [-0.3, -0.25) is 4.79 Å². The summed E-state index contributed by atoms with van der Waals surface area (Å²) in [7, 11) is 1.54. The summed E-state index contributed by atoms with van der Waals surface area (Å²) in [4.78, 5) is 10.6. The fourth-order valence-corrected chi connectivity index (χ4v) is 1.44. The molecule has 0 atom stereocenters. The van der Waals surface area contributed by atoms with Gasteiger partial charge in [0, 0.05) is 7.11 Å². The van der Waals surface area contributed by atoms with Crippen LogP contribution in [0.4, 0.5) is 0 Å². The minimum absolute atomic E-state index is 0.140. The second-order valence-corrected chi connectivity index (χ2v) is 3.83. The first kappa shape index (κ1) is 15.2. The van der Waals surface area contributed by atoms with Crippen LogP contribution in [0.25, 0.3) is 0 Å². The first-order valence-electron chi connectivity index (χ1n) is 6.12. The number of hydrogen-bond donors (Lipinski definition) is 0. The van der Waals surface area contributed by atoms with Gasteiger partial charge in [0.05, 0.1) is 0 Å². The Labute approximate surface area is 98.8 Å². The Kier molecular flexibility index (Phi) is 11.6. The van der Waals surface area contributed by atoms with E-state index in [4.69, 9.17) is 9.47 Å². The first-order chi connectivity index (χ1) is 7.85. The highest BCUT2D eigenvalue weighted by Crippen LogP contribution is 2.08. The summed E-state index contributed by atoms with van der Waals surface area (Å²) < 4.78 is 9.78. The van der Waals surface area contributed by atoms with Gasteiger partial charge in [-0.2, -0.15) is 0 Å². The van der Waals surface area contributed by atoms with E-state index in [0.717, 1.165) is 19.1 Å². The predicted octanol–water partition coefficient (Wildman–Crippen LogP) is 3.44. The zero-order valence-electron chi connectivity index (χ0n) is 10.5. The fourth-order valence-electron chi connectivity index (χ4n) is 1.44. The van der Waals surface area contributed by atoms with Crippen LogP contribution in [0, 0.1) is 0 Å². The molecular formula is C13H24O3.